The highest BCUT2D eigenvalue weighted by Gasteiger charge is 2.46. The highest BCUT2D eigenvalue weighted by molar-refractivity contribution is 5.76. The van der Waals surface area contributed by atoms with Crippen molar-refractivity contribution in [3.63, 3.8) is 0 Å². The van der Waals surface area contributed by atoms with Gasteiger partial charge in [-0.15, -0.1) is 0 Å². The summed E-state index contributed by atoms with van der Waals surface area (Å²) in [6.07, 6.45) is 8.38. The normalized spacial score (nSPS) is 24.4. The molecule has 1 aromatic heterocycles. The zero-order valence-electron chi connectivity index (χ0n) is 19.8. The molecule has 0 aliphatic heterocycles. The van der Waals surface area contributed by atoms with Gasteiger partial charge < -0.3 is 19.7 Å². The monoisotopic (exact) mass is 445 g/mol. The van der Waals surface area contributed by atoms with Crippen molar-refractivity contribution in [1.29, 1.82) is 0 Å². The molecule has 6 rings (SSSR count). The molecule has 3 aliphatic rings. The molecule has 1 fully saturated rings. The van der Waals surface area contributed by atoms with Crippen molar-refractivity contribution in [2.24, 2.45) is 11.8 Å². The molecule has 1 heterocycles. The van der Waals surface area contributed by atoms with Crippen molar-refractivity contribution in [2.45, 2.75) is 44.1 Å². The van der Waals surface area contributed by atoms with E-state index >= 15 is 0 Å². The lowest BCUT2D eigenvalue weighted by atomic mass is 9.61. The Bertz CT molecular complexity index is 1120. The number of nitrogens with zero attached hydrogens (tertiary/aromatic N) is 2. The molecular weight excluding hydrogens is 410 g/mol. The maximum absolute atomic E-state index is 11.5. The van der Waals surface area contributed by atoms with Crippen LogP contribution in [0.4, 0.5) is 0 Å². The van der Waals surface area contributed by atoms with E-state index in [2.05, 4.69) is 53.3 Å². The number of aromatic nitrogens is 2. The second-order valence-electron chi connectivity index (χ2n) is 9.90. The number of ether oxygens (including phenoxy) is 1. The number of hydrogen-bond acceptors (Lipinski definition) is 4. The molecular formula is C28H35N3O2. The van der Waals surface area contributed by atoms with E-state index in [9.17, 15) is 5.11 Å². The lowest BCUT2D eigenvalue weighted by Gasteiger charge is -2.48. The van der Waals surface area contributed by atoms with Crippen molar-refractivity contribution in [3.05, 3.63) is 66.0 Å². The van der Waals surface area contributed by atoms with Crippen LogP contribution in [-0.2, 0) is 6.42 Å². The minimum absolute atomic E-state index is 0.277. The van der Waals surface area contributed by atoms with Crippen molar-refractivity contribution in [3.8, 4) is 5.75 Å². The summed E-state index contributed by atoms with van der Waals surface area (Å²) in [4.78, 5) is 10.5. The van der Waals surface area contributed by atoms with E-state index in [4.69, 9.17) is 9.72 Å². The van der Waals surface area contributed by atoms with Crippen LogP contribution in [0.25, 0.3) is 16.6 Å². The van der Waals surface area contributed by atoms with Gasteiger partial charge >= 0.3 is 0 Å². The zero-order chi connectivity index (χ0) is 22.8. The highest BCUT2D eigenvalue weighted by atomic mass is 16.5. The molecule has 0 radical (unpaired) electrons. The average molecular weight is 446 g/mol. The van der Waals surface area contributed by atoms with E-state index in [0.29, 0.717) is 5.92 Å². The van der Waals surface area contributed by atoms with Crippen LogP contribution in [0.2, 0.25) is 0 Å². The molecule has 33 heavy (non-hydrogen) atoms. The van der Waals surface area contributed by atoms with Crippen LogP contribution in [0.15, 0.2) is 54.6 Å². The fraction of sp³-hybridized carbons (Fsp3) is 0.464. The molecule has 3 aliphatic carbocycles. The zero-order valence-corrected chi connectivity index (χ0v) is 19.8. The van der Waals surface area contributed by atoms with Crippen molar-refractivity contribution < 1.29 is 9.84 Å². The Kier molecular flexibility index (Phi) is 6.26. The van der Waals surface area contributed by atoms with Gasteiger partial charge in [0.25, 0.3) is 0 Å². The fourth-order valence-electron chi connectivity index (χ4n) is 5.74. The van der Waals surface area contributed by atoms with E-state index in [1.54, 1.807) is 7.11 Å². The molecule has 0 unspecified atom stereocenters. The van der Waals surface area contributed by atoms with Gasteiger partial charge in [0.05, 0.1) is 23.7 Å². The number of aliphatic hydroxyl groups is 1. The summed E-state index contributed by atoms with van der Waals surface area (Å²) in [7, 11) is 3.85. The van der Waals surface area contributed by atoms with E-state index in [1.165, 1.54) is 17.6 Å². The van der Waals surface area contributed by atoms with Crippen LogP contribution in [0.3, 0.4) is 0 Å². The summed E-state index contributed by atoms with van der Waals surface area (Å²) < 4.78 is 5.30. The maximum atomic E-state index is 11.5. The summed E-state index contributed by atoms with van der Waals surface area (Å²) in [5.74, 6) is 2.63. The first kappa shape index (κ1) is 22.2. The number of aryl methyl sites for hydroxylation is 1. The number of hydrogen-bond donors (Lipinski definition) is 2. The Labute approximate surface area is 196 Å². The lowest BCUT2D eigenvalue weighted by Crippen LogP contribution is -2.48. The molecule has 5 heteroatoms. The van der Waals surface area contributed by atoms with Gasteiger partial charge in [-0.05, 0) is 74.9 Å². The first-order valence-electron chi connectivity index (χ1n) is 12.2. The Morgan fingerprint density at radius 1 is 1.15 bits per heavy atom. The summed E-state index contributed by atoms with van der Waals surface area (Å²) in [5.41, 5.74) is 4.23. The molecule has 2 aromatic carbocycles. The average Bonchev–Trinajstić information content (AvgIpc) is 3.25. The van der Waals surface area contributed by atoms with Crippen LogP contribution in [0.5, 0.6) is 5.75 Å². The number of methoxy groups -OCH3 is 1. The number of aromatic amines is 1. The number of benzene rings is 2. The third kappa shape index (κ3) is 4.71. The quantitative estimate of drug-likeness (QED) is 0.483. The van der Waals surface area contributed by atoms with Gasteiger partial charge in [0.1, 0.15) is 11.6 Å². The maximum Gasteiger partial charge on any atom is 0.121 e. The number of fused-ring (bicyclic) bond motifs is 3. The van der Waals surface area contributed by atoms with Gasteiger partial charge in [0, 0.05) is 24.9 Å². The van der Waals surface area contributed by atoms with Crippen LogP contribution in [0, 0.1) is 11.8 Å². The standard InChI is InChI=1S/C28H35N3O2/c1-31(15-6-9-27-29-25-13-12-23(33-2)18-26(25)30-27)16-14-28(32)19-21-10-11-22(28)17-24(21)20-7-4-3-5-8-20/h3-5,7-8,12-13,17-18,21-22,32H,6,9-11,14-16,19H2,1-2H3,(H,29,30)/t21-,22+,28-/m1/s1. The highest BCUT2D eigenvalue weighted by Crippen LogP contribution is 2.51. The van der Waals surface area contributed by atoms with Gasteiger partial charge in [0.2, 0.25) is 0 Å². The van der Waals surface area contributed by atoms with Crippen molar-refractivity contribution >= 4 is 16.6 Å². The minimum atomic E-state index is -0.562. The number of nitrogens with one attached hydrogen (secondary N) is 1. The Balaban J connectivity index is 1.12. The van der Waals surface area contributed by atoms with E-state index in [0.717, 1.165) is 67.8 Å². The Morgan fingerprint density at radius 3 is 2.76 bits per heavy atom. The van der Waals surface area contributed by atoms with Gasteiger partial charge in [-0.1, -0.05) is 36.4 Å². The van der Waals surface area contributed by atoms with Crippen LogP contribution < -0.4 is 4.74 Å². The molecule has 0 amide bonds. The number of rotatable bonds is 9. The predicted octanol–water partition coefficient (Wildman–Crippen LogP) is 5.07. The molecule has 5 nitrogen and oxygen atoms in total. The topological polar surface area (TPSA) is 61.4 Å². The van der Waals surface area contributed by atoms with Crippen LogP contribution >= 0.6 is 0 Å². The first-order valence-corrected chi connectivity index (χ1v) is 12.2. The first-order chi connectivity index (χ1) is 16.0. The minimum Gasteiger partial charge on any atom is -0.497 e. The Morgan fingerprint density at radius 2 is 2.00 bits per heavy atom. The van der Waals surface area contributed by atoms with E-state index in [1.807, 2.05) is 18.2 Å². The molecule has 2 bridgehead atoms. The molecule has 3 aromatic rings. The van der Waals surface area contributed by atoms with Crippen LogP contribution in [0.1, 0.15) is 43.5 Å². The Hall–Kier alpha value is -2.63. The van der Waals surface area contributed by atoms with E-state index < -0.39 is 5.60 Å². The lowest BCUT2D eigenvalue weighted by molar-refractivity contribution is -0.0574. The molecule has 0 spiro atoms. The second kappa shape index (κ2) is 9.32. The number of H-pyrrole nitrogens is 1. The smallest absolute Gasteiger partial charge is 0.121 e. The van der Waals surface area contributed by atoms with Gasteiger partial charge in [0.15, 0.2) is 0 Å². The largest absolute Gasteiger partial charge is 0.497 e. The van der Waals surface area contributed by atoms with E-state index in [-0.39, 0.29) is 5.92 Å². The summed E-state index contributed by atoms with van der Waals surface area (Å²) in [6, 6.07) is 16.6. The summed E-state index contributed by atoms with van der Waals surface area (Å²) in [6.45, 7) is 1.92. The van der Waals surface area contributed by atoms with Crippen molar-refractivity contribution in [1.82, 2.24) is 14.9 Å². The summed E-state index contributed by atoms with van der Waals surface area (Å²) in [5, 5.41) is 11.5. The molecule has 0 saturated heterocycles. The predicted molar refractivity (Wildman–Crippen MR) is 133 cm³/mol. The van der Waals surface area contributed by atoms with Gasteiger partial charge in [-0.2, -0.15) is 0 Å². The fourth-order valence-corrected chi connectivity index (χ4v) is 5.74. The molecule has 2 N–H and O–H groups in total. The summed E-state index contributed by atoms with van der Waals surface area (Å²) >= 11 is 0. The number of imidazole rings is 1. The number of allylic oxidation sites excluding steroid dienone is 1. The van der Waals surface area contributed by atoms with Crippen LogP contribution in [-0.4, -0.2) is 52.8 Å². The SMILES string of the molecule is COc1ccc2nc(CCCN(C)CC[C@@]3(O)C[C@H]4CC[C@H]3C=C4c3ccccc3)[nH]c2c1. The van der Waals surface area contributed by atoms with Gasteiger partial charge in [-0.25, -0.2) is 4.98 Å². The molecule has 3 atom stereocenters. The van der Waals surface area contributed by atoms with Gasteiger partial charge in [-0.3, -0.25) is 0 Å². The van der Waals surface area contributed by atoms with Crippen molar-refractivity contribution in [2.75, 3.05) is 27.2 Å². The molecule has 174 valence electrons. The molecule has 1 saturated carbocycles. The third-order valence-corrected chi connectivity index (χ3v) is 7.66. The second-order valence-corrected chi connectivity index (χ2v) is 9.90. The third-order valence-electron chi connectivity index (χ3n) is 7.66.